The van der Waals surface area contributed by atoms with Crippen molar-refractivity contribution in [3.8, 4) is 0 Å². The first-order chi connectivity index (χ1) is 6.72. The number of hydrogen-bond acceptors (Lipinski definition) is 4. The van der Waals surface area contributed by atoms with Gasteiger partial charge in [0.2, 0.25) is 0 Å². The number of nitrogens with one attached hydrogen (secondary N) is 1. The zero-order valence-corrected chi connectivity index (χ0v) is 7.69. The van der Waals surface area contributed by atoms with E-state index < -0.39 is 0 Å². The Bertz CT molecular complexity index is 532. The van der Waals surface area contributed by atoms with E-state index in [4.69, 9.17) is 5.84 Å². The first kappa shape index (κ1) is 8.71. The normalized spacial score (nSPS) is 10.4. The van der Waals surface area contributed by atoms with Crippen molar-refractivity contribution in [1.82, 2.24) is 9.55 Å². The maximum absolute atomic E-state index is 11.6. The Morgan fingerprint density at radius 2 is 2.29 bits per heavy atom. The number of anilines is 1. The van der Waals surface area contributed by atoms with Gasteiger partial charge in [0, 0.05) is 7.05 Å². The minimum absolute atomic E-state index is 0.0569. The quantitative estimate of drug-likeness (QED) is 0.498. The Kier molecular flexibility index (Phi) is 1.94. The monoisotopic (exact) mass is 190 g/mol. The number of nitrogen functional groups attached to an aromatic ring is 1. The van der Waals surface area contributed by atoms with E-state index in [9.17, 15) is 4.79 Å². The summed E-state index contributed by atoms with van der Waals surface area (Å²) in [5.41, 5.74) is 3.82. The predicted octanol–water partition coefficient (Wildman–Crippen LogP) is 0.219. The highest BCUT2D eigenvalue weighted by Crippen LogP contribution is 2.12. The van der Waals surface area contributed by atoms with E-state index in [1.54, 1.807) is 25.2 Å². The maximum atomic E-state index is 11.6. The molecule has 0 fully saturated rings. The topological polar surface area (TPSA) is 72.9 Å². The molecule has 14 heavy (non-hydrogen) atoms. The van der Waals surface area contributed by atoms with Crippen molar-refractivity contribution in [2.45, 2.75) is 0 Å². The summed E-state index contributed by atoms with van der Waals surface area (Å²) < 4.78 is 1.44. The van der Waals surface area contributed by atoms with Crippen LogP contribution in [0.15, 0.2) is 29.3 Å². The number of aryl methyl sites for hydroxylation is 1. The second kappa shape index (κ2) is 3.12. The Morgan fingerprint density at radius 1 is 1.50 bits per heavy atom. The van der Waals surface area contributed by atoms with Crippen molar-refractivity contribution in [1.29, 1.82) is 0 Å². The van der Waals surface area contributed by atoms with Gasteiger partial charge in [0.05, 0.1) is 22.9 Å². The fourth-order valence-electron chi connectivity index (χ4n) is 1.30. The summed E-state index contributed by atoms with van der Waals surface area (Å²) in [5.74, 6) is 5.25. The van der Waals surface area contributed by atoms with Crippen molar-refractivity contribution < 1.29 is 0 Å². The Hall–Kier alpha value is -1.88. The fraction of sp³-hybridized carbons (Fsp3) is 0.111. The van der Waals surface area contributed by atoms with E-state index >= 15 is 0 Å². The third-order valence-electron chi connectivity index (χ3n) is 2.09. The summed E-state index contributed by atoms with van der Waals surface area (Å²) in [6, 6.07) is 5.18. The van der Waals surface area contributed by atoms with Gasteiger partial charge in [-0.15, -0.1) is 0 Å². The van der Waals surface area contributed by atoms with Crippen molar-refractivity contribution in [3.05, 3.63) is 34.9 Å². The molecule has 0 saturated heterocycles. The van der Waals surface area contributed by atoms with Gasteiger partial charge in [-0.2, -0.15) is 0 Å². The molecule has 0 bridgehead atoms. The molecular formula is C9H10N4O. The molecule has 2 aromatic rings. The van der Waals surface area contributed by atoms with E-state index in [1.165, 1.54) is 10.9 Å². The van der Waals surface area contributed by atoms with Crippen LogP contribution in [0.5, 0.6) is 0 Å². The van der Waals surface area contributed by atoms with Gasteiger partial charge in [-0.05, 0) is 18.2 Å². The van der Waals surface area contributed by atoms with Gasteiger partial charge in [0.25, 0.3) is 5.56 Å². The van der Waals surface area contributed by atoms with Crippen LogP contribution in [0.2, 0.25) is 0 Å². The SMILES string of the molecule is Cn1cnc2cc(NN)ccc2c1=O. The molecule has 0 aliphatic carbocycles. The Balaban J connectivity index is 2.81. The molecule has 0 aliphatic heterocycles. The van der Waals surface area contributed by atoms with E-state index in [-0.39, 0.29) is 5.56 Å². The molecule has 72 valence electrons. The molecule has 1 aromatic heterocycles. The molecule has 2 rings (SSSR count). The highest BCUT2D eigenvalue weighted by atomic mass is 16.1. The predicted molar refractivity (Wildman–Crippen MR) is 54.8 cm³/mol. The summed E-state index contributed by atoms with van der Waals surface area (Å²) in [6.45, 7) is 0. The molecule has 1 heterocycles. The summed E-state index contributed by atoms with van der Waals surface area (Å²) >= 11 is 0. The number of benzene rings is 1. The number of hydrogen-bond donors (Lipinski definition) is 2. The molecule has 1 aromatic carbocycles. The third-order valence-corrected chi connectivity index (χ3v) is 2.09. The number of nitrogens with two attached hydrogens (primary N) is 1. The molecule has 3 N–H and O–H groups in total. The molecule has 0 amide bonds. The van der Waals surface area contributed by atoms with Crippen LogP contribution in [0.25, 0.3) is 10.9 Å². The minimum atomic E-state index is -0.0569. The van der Waals surface area contributed by atoms with Gasteiger partial charge in [0.1, 0.15) is 0 Å². The first-order valence-electron chi connectivity index (χ1n) is 4.14. The molecule has 0 saturated carbocycles. The molecular weight excluding hydrogens is 180 g/mol. The van der Waals surface area contributed by atoms with Gasteiger partial charge in [-0.3, -0.25) is 10.6 Å². The van der Waals surface area contributed by atoms with Gasteiger partial charge < -0.3 is 9.99 Å². The van der Waals surface area contributed by atoms with Crippen molar-refractivity contribution in [2.24, 2.45) is 12.9 Å². The highest BCUT2D eigenvalue weighted by Gasteiger charge is 2.01. The third kappa shape index (κ3) is 1.23. The summed E-state index contributed by atoms with van der Waals surface area (Å²) in [6.07, 6.45) is 1.49. The van der Waals surface area contributed by atoms with Gasteiger partial charge >= 0.3 is 0 Å². The van der Waals surface area contributed by atoms with E-state index in [0.717, 1.165) is 5.69 Å². The molecule has 0 aliphatic rings. The van der Waals surface area contributed by atoms with Crippen LogP contribution < -0.4 is 16.8 Å². The van der Waals surface area contributed by atoms with E-state index in [1.807, 2.05) is 0 Å². The number of rotatable bonds is 1. The zero-order valence-electron chi connectivity index (χ0n) is 7.69. The molecule has 0 unspecified atom stereocenters. The standard InChI is InChI=1S/C9H10N4O/c1-13-5-11-8-4-6(12-10)2-3-7(8)9(13)14/h2-5,12H,10H2,1H3. The minimum Gasteiger partial charge on any atom is -0.324 e. The summed E-state index contributed by atoms with van der Waals surface area (Å²) in [7, 11) is 1.67. The second-order valence-electron chi connectivity index (χ2n) is 3.04. The average Bonchev–Trinajstić information content (AvgIpc) is 2.23. The summed E-state index contributed by atoms with van der Waals surface area (Å²) in [4.78, 5) is 15.7. The fourth-order valence-corrected chi connectivity index (χ4v) is 1.30. The molecule has 0 atom stereocenters. The largest absolute Gasteiger partial charge is 0.324 e. The molecule has 0 spiro atoms. The van der Waals surface area contributed by atoms with Crippen LogP contribution in [0, 0.1) is 0 Å². The van der Waals surface area contributed by atoms with Crippen LogP contribution in [0.1, 0.15) is 0 Å². The van der Waals surface area contributed by atoms with Crippen LogP contribution in [-0.2, 0) is 7.05 Å². The van der Waals surface area contributed by atoms with Crippen LogP contribution in [0.3, 0.4) is 0 Å². The number of hydrazine groups is 1. The second-order valence-corrected chi connectivity index (χ2v) is 3.04. The van der Waals surface area contributed by atoms with Gasteiger partial charge in [-0.1, -0.05) is 0 Å². The van der Waals surface area contributed by atoms with Crippen molar-refractivity contribution in [3.63, 3.8) is 0 Å². The molecule has 0 radical (unpaired) electrons. The Morgan fingerprint density at radius 3 is 3.00 bits per heavy atom. The van der Waals surface area contributed by atoms with E-state index in [2.05, 4.69) is 10.4 Å². The number of aromatic nitrogens is 2. The summed E-state index contributed by atoms with van der Waals surface area (Å²) in [5, 5.41) is 0.592. The zero-order chi connectivity index (χ0) is 10.1. The van der Waals surface area contributed by atoms with Crippen LogP contribution >= 0.6 is 0 Å². The highest BCUT2D eigenvalue weighted by molar-refractivity contribution is 5.80. The maximum Gasteiger partial charge on any atom is 0.260 e. The Labute approximate surface area is 80.1 Å². The lowest BCUT2D eigenvalue weighted by atomic mass is 10.2. The van der Waals surface area contributed by atoms with Gasteiger partial charge in [-0.25, -0.2) is 4.98 Å². The number of fused-ring (bicyclic) bond motifs is 1. The first-order valence-corrected chi connectivity index (χ1v) is 4.14. The number of nitrogens with zero attached hydrogens (tertiary/aromatic N) is 2. The van der Waals surface area contributed by atoms with Gasteiger partial charge in [0.15, 0.2) is 0 Å². The van der Waals surface area contributed by atoms with Crippen molar-refractivity contribution in [2.75, 3.05) is 5.43 Å². The molecule has 5 heteroatoms. The lowest BCUT2D eigenvalue weighted by Gasteiger charge is -2.02. The van der Waals surface area contributed by atoms with Crippen LogP contribution in [0.4, 0.5) is 5.69 Å². The molecule has 5 nitrogen and oxygen atoms in total. The smallest absolute Gasteiger partial charge is 0.260 e. The lowest BCUT2D eigenvalue weighted by molar-refractivity contribution is 0.843. The van der Waals surface area contributed by atoms with Crippen molar-refractivity contribution >= 4 is 16.6 Å². The lowest BCUT2D eigenvalue weighted by Crippen LogP contribution is -2.17. The average molecular weight is 190 g/mol. The van der Waals surface area contributed by atoms with Crippen LogP contribution in [-0.4, -0.2) is 9.55 Å². The van der Waals surface area contributed by atoms with E-state index in [0.29, 0.717) is 10.9 Å².